The van der Waals surface area contributed by atoms with Gasteiger partial charge < -0.3 is 29.9 Å². The largest absolute Gasteiger partial charge is 0.481 e. The molecule has 3 heterocycles. The van der Waals surface area contributed by atoms with Crippen LogP contribution in [0.1, 0.15) is 54.4 Å². The van der Waals surface area contributed by atoms with Crippen molar-refractivity contribution in [1.29, 1.82) is 0 Å². The lowest BCUT2D eigenvalue weighted by atomic mass is 9.89. The lowest BCUT2D eigenvalue weighted by Gasteiger charge is -2.44. The first-order valence-electron chi connectivity index (χ1n) is 16.8. The molecule has 0 aliphatic carbocycles. The van der Waals surface area contributed by atoms with Crippen LogP contribution in [0.5, 0.6) is 0 Å². The molecule has 2 fully saturated rings. The number of aliphatic hydroxyl groups is 1. The number of anilines is 1. The van der Waals surface area contributed by atoms with E-state index in [1.165, 1.54) is 0 Å². The minimum atomic E-state index is -0.994. The van der Waals surface area contributed by atoms with Gasteiger partial charge in [0.15, 0.2) is 6.29 Å². The molecule has 11 nitrogen and oxygen atoms in total. The van der Waals surface area contributed by atoms with Gasteiger partial charge in [0.05, 0.1) is 25.2 Å². The monoisotopic (exact) mass is 665 g/mol. The third-order valence-corrected chi connectivity index (χ3v) is 9.24. The van der Waals surface area contributed by atoms with Gasteiger partial charge in [-0.2, -0.15) is 0 Å². The summed E-state index contributed by atoms with van der Waals surface area (Å²) in [4.78, 5) is 36.4. The van der Waals surface area contributed by atoms with Gasteiger partial charge in [-0.1, -0.05) is 67.6 Å². The van der Waals surface area contributed by atoms with Crippen molar-refractivity contribution in [3.05, 3.63) is 114 Å². The van der Waals surface area contributed by atoms with Crippen LogP contribution in [0.4, 0.5) is 5.95 Å². The summed E-state index contributed by atoms with van der Waals surface area (Å²) in [7, 11) is 0. The number of piperazine rings is 1. The van der Waals surface area contributed by atoms with E-state index in [0.717, 1.165) is 72.1 Å². The zero-order valence-corrected chi connectivity index (χ0v) is 27.6. The summed E-state index contributed by atoms with van der Waals surface area (Å²) >= 11 is 0. The van der Waals surface area contributed by atoms with Crippen LogP contribution in [0.2, 0.25) is 0 Å². The highest BCUT2D eigenvalue weighted by atomic mass is 16.7. The number of aliphatic carboxylic acids is 1. The highest BCUT2D eigenvalue weighted by Gasteiger charge is 2.39. The topological polar surface area (TPSA) is 137 Å². The van der Waals surface area contributed by atoms with E-state index < -0.39 is 12.3 Å². The Kier molecular flexibility index (Phi) is 11.3. The number of benzene rings is 3. The van der Waals surface area contributed by atoms with Gasteiger partial charge in [0, 0.05) is 69.6 Å². The summed E-state index contributed by atoms with van der Waals surface area (Å²) in [6, 6.07) is 25.9. The molecule has 256 valence electrons. The molecule has 4 unspecified atom stereocenters. The summed E-state index contributed by atoms with van der Waals surface area (Å²) in [6.45, 7) is 6.66. The lowest BCUT2D eigenvalue weighted by molar-refractivity contribution is -0.276. The first kappa shape index (κ1) is 34.2. The van der Waals surface area contributed by atoms with E-state index in [2.05, 4.69) is 38.1 Å². The summed E-state index contributed by atoms with van der Waals surface area (Å²) in [5, 5.41) is 21.3. The van der Waals surface area contributed by atoms with Gasteiger partial charge in [0.1, 0.15) is 0 Å². The number of nitrogens with one attached hydrogen (secondary N) is 1. The number of hydrogen-bond donors (Lipinski definition) is 3. The minimum absolute atomic E-state index is 0.0131. The lowest BCUT2D eigenvalue weighted by Crippen LogP contribution is -2.51. The molecule has 0 spiro atoms. The average Bonchev–Trinajstić information content (AvgIpc) is 3.15. The molecule has 0 radical (unpaired) electrons. The fourth-order valence-corrected chi connectivity index (χ4v) is 6.40. The number of carbonyl (C=O) groups excluding carboxylic acids is 1. The van der Waals surface area contributed by atoms with Crippen LogP contribution in [0, 0.1) is 5.92 Å². The summed E-state index contributed by atoms with van der Waals surface area (Å²) < 4.78 is 13.5. The number of hydrogen-bond acceptors (Lipinski definition) is 9. The number of ether oxygens (including phenoxy) is 2. The molecule has 3 aromatic carbocycles. The fraction of sp³-hybridized carbons (Fsp3) is 0.368. The molecular weight excluding hydrogens is 622 g/mol. The van der Waals surface area contributed by atoms with Crippen LogP contribution in [-0.4, -0.2) is 75.8 Å². The molecule has 6 rings (SSSR count). The molecule has 2 aliphatic rings. The second-order valence-electron chi connectivity index (χ2n) is 12.7. The van der Waals surface area contributed by atoms with Gasteiger partial charge >= 0.3 is 5.97 Å². The van der Waals surface area contributed by atoms with Gasteiger partial charge in [0.25, 0.3) is 0 Å². The minimum Gasteiger partial charge on any atom is -0.481 e. The highest BCUT2D eigenvalue weighted by molar-refractivity contribution is 5.80. The van der Waals surface area contributed by atoms with Crippen molar-refractivity contribution in [3.63, 3.8) is 0 Å². The van der Waals surface area contributed by atoms with Crippen LogP contribution in [0.15, 0.2) is 91.3 Å². The number of aliphatic hydroxyl groups excluding tert-OH is 1. The van der Waals surface area contributed by atoms with Crippen LogP contribution >= 0.6 is 0 Å². The van der Waals surface area contributed by atoms with E-state index in [0.29, 0.717) is 6.54 Å². The maximum atomic E-state index is 12.1. The van der Waals surface area contributed by atoms with E-state index in [-0.39, 0.29) is 43.5 Å². The molecule has 49 heavy (non-hydrogen) atoms. The molecule has 4 aromatic rings. The van der Waals surface area contributed by atoms with Gasteiger partial charge in [0.2, 0.25) is 11.9 Å². The van der Waals surface area contributed by atoms with E-state index in [1.807, 2.05) is 72.8 Å². The Labute approximate surface area is 286 Å². The predicted molar refractivity (Wildman–Crippen MR) is 184 cm³/mol. The van der Waals surface area contributed by atoms with Gasteiger partial charge in [-0.15, -0.1) is 0 Å². The first-order valence-corrected chi connectivity index (χ1v) is 16.8. The molecule has 2 aliphatic heterocycles. The standard InChI is InChI=1S/C38H43N5O6/c1-26-33(24-42-17-19-43(20-18-42)38-39-15-4-16-40-38)48-37(49-36(26)29-11-9-27(25-44)10-12-29)32-8-3-7-31(22-32)30-6-2-5-28(21-30)23-41-34(45)13-14-35(46)47/h2-12,15-16,21-22,26,33,36-37,44H,13-14,17-20,23-25H2,1H3,(H,41,45)(H,46,47). The second kappa shape index (κ2) is 16.1. The Hall–Kier alpha value is -4.68. The third kappa shape index (κ3) is 8.87. The summed E-state index contributed by atoms with van der Waals surface area (Å²) in [6.07, 6.45) is 2.39. The maximum Gasteiger partial charge on any atom is 0.303 e. The normalized spacial score (nSPS) is 21.3. The molecule has 1 amide bonds. The molecule has 0 saturated carbocycles. The van der Waals surface area contributed by atoms with Crippen molar-refractivity contribution in [1.82, 2.24) is 20.2 Å². The van der Waals surface area contributed by atoms with E-state index in [1.54, 1.807) is 12.4 Å². The van der Waals surface area contributed by atoms with Crippen molar-refractivity contribution < 1.29 is 29.3 Å². The Bertz CT molecular complexity index is 1700. The number of rotatable bonds is 12. The highest BCUT2D eigenvalue weighted by Crippen LogP contribution is 2.42. The zero-order valence-electron chi connectivity index (χ0n) is 27.6. The Morgan fingerprint density at radius 1 is 0.837 bits per heavy atom. The van der Waals surface area contributed by atoms with Crippen LogP contribution < -0.4 is 10.2 Å². The van der Waals surface area contributed by atoms with E-state index >= 15 is 0 Å². The predicted octanol–water partition coefficient (Wildman–Crippen LogP) is 4.73. The van der Waals surface area contributed by atoms with Crippen molar-refractivity contribution >= 4 is 17.8 Å². The summed E-state index contributed by atoms with van der Waals surface area (Å²) in [5.74, 6) is -0.461. The van der Waals surface area contributed by atoms with Gasteiger partial charge in [-0.25, -0.2) is 9.97 Å². The SMILES string of the molecule is CC1C(CN2CCN(c3ncccn3)CC2)OC(c2cccc(-c3cccc(CNC(=O)CCC(=O)O)c3)c2)OC1c1ccc(CO)cc1. The van der Waals surface area contributed by atoms with Crippen LogP contribution in [0.3, 0.4) is 0 Å². The Morgan fingerprint density at radius 3 is 2.27 bits per heavy atom. The third-order valence-electron chi connectivity index (χ3n) is 9.24. The first-order chi connectivity index (χ1) is 23.9. The van der Waals surface area contributed by atoms with Crippen molar-refractivity contribution in [2.24, 2.45) is 5.92 Å². The van der Waals surface area contributed by atoms with Crippen LogP contribution in [0.25, 0.3) is 11.1 Å². The quantitative estimate of drug-likeness (QED) is 0.195. The number of nitrogens with zero attached hydrogens (tertiary/aromatic N) is 4. The Balaban J connectivity index is 1.18. The molecule has 1 aromatic heterocycles. The molecule has 4 atom stereocenters. The summed E-state index contributed by atoms with van der Waals surface area (Å²) in [5.41, 5.74) is 5.69. The van der Waals surface area contributed by atoms with Gasteiger partial charge in [-0.3, -0.25) is 14.5 Å². The average molecular weight is 666 g/mol. The smallest absolute Gasteiger partial charge is 0.303 e. The van der Waals surface area contributed by atoms with Crippen LogP contribution in [-0.2, 0) is 32.2 Å². The molecule has 11 heteroatoms. The number of carboxylic acid groups (broad SMARTS) is 1. The molecule has 3 N–H and O–H groups in total. The van der Waals surface area contributed by atoms with Crippen molar-refractivity contribution in [2.45, 2.75) is 51.4 Å². The van der Waals surface area contributed by atoms with Crippen molar-refractivity contribution in [3.8, 4) is 11.1 Å². The van der Waals surface area contributed by atoms with Crippen molar-refractivity contribution in [2.75, 3.05) is 37.6 Å². The zero-order chi connectivity index (χ0) is 34.2. The Morgan fingerprint density at radius 2 is 1.55 bits per heavy atom. The van der Waals surface area contributed by atoms with E-state index in [9.17, 15) is 14.7 Å². The number of carbonyl (C=O) groups is 2. The molecule has 0 bridgehead atoms. The number of amides is 1. The fourth-order valence-electron chi connectivity index (χ4n) is 6.40. The number of carboxylic acids is 1. The van der Waals surface area contributed by atoms with E-state index in [4.69, 9.17) is 14.6 Å². The number of aromatic nitrogens is 2. The molecule has 2 saturated heterocycles. The van der Waals surface area contributed by atoms with Gasteiger partial charge in [-0.05, 0) is 46.0 Å². The maximum absolute atomic E-state index is 12.1. The molecular formula is C38H43N5O6. The second-order valence-corrected chi connectivity index (χ2v) is 12.7.